The van der Waals surface area contributed by atoms with Crippen molar-refractivity contribution < 1.29 is 19.2 Å². The van der Waals surface area contributed by atoms with Crippen LogP contribution in [-0.2, 0) is 20.8 Å². The fraction of sp³-hybridized carbons (Fsp3) is 0.476. The van der Waals surface area contributed by atoms with Crippen LogP contribution < -0.4 is 26.2 Å². The predicted molar refractivity (Wildman–Crippen MR) is 217 cm³/mol. The van der Waals surface area contributed by atoms with Gasteiger partial charge in [0.15, 0.2) is 0 Å². The molecule has 5 rings (SSSR count). The molecule has 0 bridgehead atoms. The van der Waals surface area contributed by atoms with E-state index in [1.54, 1.807) is 6.20 Å². The van der Waals surface area contributed by atoms with Crippen molar-refractivity contribution in [2.24, 2.45) is 5.92 Å². The Labute approximate surface area is 325 Å². The van der Waals surface area contributed by atoms with Gasteiger partial charge in [0, 0.05) is 100 Å². The fourth-order valence-corrected chi connectivity index (χ4v) is 7.34. The van der Waals surface area contributed by atoms with Gasteiger partial charge in [-0.2, -0.15) is 0 Å². The number of hydrogen-bond acceptors (Lipinski definition) is 11. The monoisotopic (exact) mass is 751 g/mol. The molecule has 0 saturated carbocycles. The number of imide groups is 2. The Morgan fingerprint density at radius 1 is 1.07 bits per heavy atom. The Hall–Kier alpha value is -5.14. The predicted octanol–water partition coefficient (Wildman–Crippen LogP) is 4.42. The second-order valence-electron chi connectivity index (χ2n) is 14.7. The lowest BCUT2D eigenvalue weighted by Crippen LogP contribution is -2.53. The van der Waals surface area contributed by atoms with Crippen LogP contribution in [0.4, 0.5) is 11.6 Å². The second kappa shape index (κ2) is 20.0. The largest absolute Gasteiger partial charge is 0.387 e. The first-order chi connectivity index (χ1) is 26.6. The topological polar surface area (TPSA) is 152 Å². The molecular weight excluding hydrogens is 695 g/mol. The number of allylic oxidation sites excluding steroid dienone is 5. The summed E-state index contributed by atoms with van der Waals surface area (Å²) >= 11 is 0. The van der Waals surface area contributed by atoms with E-state index in [0.717, 1.165) is 91.6 Å². The van der Waals surface area contributed by atoms with Crippen molar-refractivity contribution in [1.82, 2.24) is 35.7 Å². The summed E-state index contributed by atoms with van der Waals surface area (Å²) in [5, 5.41) is 12.4. The molecule has 4 N–H and O–H groups in total. The average Bonchev–Trinajstić information content (AvgIpc) is 3.34. The van der Waals surface area contributed by atoms with Crippen LogP contribution in [0.2, 0.25) is 0 Å². The number of benzene rings is 1. The number of carbonyl (C=O) groups is 4. The molecule has 13 heteroatoms. The molecule has 0 unspecified atom stereocenters. The summed E-state index contributed by atoms with van der Waals surface area (Å²) in [7, 11) is 1.97. The van der Waals surface area contributed by atoms with Crippen LogP contribution in [0.3, 0.4) is 0 Å². The number of nitrogens with zero attached hydrogens (tertiary/aromatic N) is 5. The summed E-state index contributed by atoms with van der Waals surface area (Å²) in [6.07, 6.45) is 15.0. The van der Waals surface area contributed by atoms with Gasteiger partial charge in [0.05, 0.1) is 5.69 Å². The van der Waals surface area contributed by atoms with Gasteiger partial charge in [-0.3, -0.25) is 29.4 Å². The van der Waals surface area contributed by atoms with Crippen LogP contribution in [0.15, 0.2) is 71.7 Å². The molecule has 1 aromatic heterocycles. The molecule has 0 spiro atoms. The van der Waals surface area contributed by atoms with Crippen molar-refractivity contribution in [3.8, 4) is 0 Å². The highest BCUT2D eigenvalue weighted by Gasteiger charge is 2.31. The summed E-state index contributed by atoms with van der Waals surface area (Å²) in [6, 6.07) is 8.20. The number of aromatic nitrogens is 2. The Morgan fingerprint density at radius 2 is 1.85 bits per heavy atom. The minimum atomic E-state index is -0.432. The Bertz CT molecular complexity index is 1820. The van der Waals surface area contributed by atoms with Gasteiger partial charge in [-0.05, 0) is 106 Å². The van der Waals surface area contributed by atoms with Gasteiger partial charge in [-0.1, -0.05) is 19.1 Å². The van der Waals surface area contributed by atoms with Crippen molar-refractivity contribution >= 4 is 41.3 Å². The van der Waals surface area contributed by atoms with E-state index in [1.807, 2.05) is 45.3 Å². The van der Waals surface area contributed by atoms with Gasteiger partial charge >= 0.3 is 0 Å². The Balaban J connectivity index is 1.03. The summed E-state index contributed by atoms with van der Waals surface area (Å²) in [5.74, 6) is -0.0611. The first-order valence-corrected chi connectivity index (χ1v) is 19.5. The Morgan fingerprint density at radius 3 is 2.56 bits per heavy atom. The van der Waals surface area contributed by atoms with E-state index in [-0.39, 0.29) is 25.3 Å². The molecule has 1 aliphatic carbocycles. The number of likely N-dealkylation sites (N-methyl/N-ethyl adjacent to an activating group) is 1. The number of anilines is 2. The highest BCUT2D eigenvalue weighted by Crippen LogP contribution is 2.29. The first kappa shape index (κ1) is 41.0. The van der Waals surface area contributed by atoms with Crippen molar-refractivity contribution in [2.75, 3.05) is 63.1 Å². The minimum absolute atomic E-state index is 0.0530. The summed E-state index contributed by atoms with van der Waals surface area (Å²) < 4.78 is 0. The SMILES string of the molecule is CCc1cc(N2CC(CN3CCC(N/C=C(\C)Nc4nccc(C5=CCC=C(CNC)C(C)=C5)n4)CC3)C2)ccc1C(=O)N(C=O)CCCC(=O)NC(C)=O. The second-order valence-corrected chi connectivity index (χ2v) is 14.7. The van der Waals surface area contributed by atoms with Crippen molar-refractivity contribution in [1.29, 1.82) is 0 Å². The minimum Gasteiger partial charge on any atom is -0.387 e. The lowest BCUT2D eigenvalue weighted by molar-refractivity contribution is -0.129. The van der Waals surface area contributed by atoms with Gasteiger partial charge in [-0.25, -0.2) is 9.97 Å². The zero-order valence-electron chi connectivity index (χ0n) is 33.0. The summed E-state index contributed by atoms with van der Waals surface area (Å²) in [5.41, 5.74) is 8.00. The van der Waals surface area contributed by atoms with Gasteiger partial charge in [0.25, 0.3) is 5.91 Å². The van der Waals surface area contributed by atoms with E-state index in [2.05, 4.69) is 67.3 Å². The number of hydrogen-bond donors (Lipinski definition) is 4. The number of piperidine rings is 1. The molecule has 1 aromatic carbocycles. The lowest BCUT2D eigenvalue weighted by Gasteiger charge is -2.44. The fourth-order valence-electron chi connectivity index (χ4n) is 7.34. The van der Waals surface area contributed by atoms with E-state index in [4.69, 9.17) is 4.98 Å². The van der Waals surface area contributed by atoms with Crippen LogP contribution in [0, 0.1) is 5.92 Å². The highest BCUT2D eigenvalue weighted by molar-refractivity contribution is 6.01. The molecule has 2 aliphatic heterocycles. The molecular formula is C42H57N9O4. The number of nitrogens with one attached hydrogen (secondary N) is 4. The van der Waals surface area contributed by atoms with Crippen molar-refractivity contribution in [3.63, 3.8) is 0 Å². The van der Waals surface area contributed by atoms with E-state index in [1.165, 1.54) is 18.1 Å². The molecule has 2 aromatic rings. The van der Waals surface area contributed by atoms with Crippen LogP contribution in [0.5, 0.6) is 0 Å². The average molecular weight is 752 g/mol. The Kier molecular flexibility index (Phi) is 14.9. The maximum absolute atomic E-state index is 13.2. The number of likely N-dealkylation sites (tertiary alicyclic amines) is 1. The molecule has 2 saturated heterocycles. The third kappa shape index (κ3) is 11.7. The molecule has 13 nitrogen and oxygen atoms in total. The quantitative estimate of drug-likeness (QED) is 0.170. The normalized spacial score (nSPS) is 16.9. The van der Waals surface area contributed by atoms with Crippen LogP contribution in [0.1, 0.15) is 81.4 Å². The highest BCUT2D eigenvalue weighted by atomic mass is 16.2. The third-order valence-corrected chi connectivity index (χ3v) is 10.4. The number of aryl methyl sites for hydroxylation is 1. The molecule has 3 aliphatic rings. The van der Waals surface area contributed by atoms with Gasteiger partial charge in [0.1, 0.15) is 0 Å². The molecule has 55 heavy (non-hydrogen) atoms. The smallest absolute Gasteiger partial charge is 0.260 e. The number of amides is 4. The van der Waals surface area contributed by atoms with E-state index < -0.39 is 11.8 Å². The van der Waals surface area contributed by atoms with E-state index in [0.29, 0.717) is 36.3 Å². The van der Waals surface area contributed by atoms with Gasteiger partial charge in [0.2, 0.25) is 24.2 Å². The molecule has 0 atom stereocenters. The first-order valence-electron chi connectivity index (χ1n) is 19.5. The molecule has 294 valence electrons. The molecule has 0 radical (unpaired) electrons. The van der Waals surface area contributed by atoms with Gasteiger partial charge < -0.3 is 25.8 Å². The maximum Gasteiger partial charge on any atom is 0.260 e. The standard InChI is InChI=1S/C42H57N9O4/c1-6-33-22-37(12-13-38(33)41(55)50(28-52)18-8-11-40(54)47-31(4)53)51-26-32(27-51)25-49-19-15-36(16-20-49)45-23-30(3)46-42-44-17-14-39(48-42)34-9-7-10-35(24-43-5)29(2)21-34/h9-10,12-14,17,21-23,28,32,36,43,45H,6-8,11,15-16,18-20,24-27H2,1-5H3,(H,44,46,48)(H,47,53,54)/b30-23+. The van der Waals surface area contributed by atoms with Crippen LogP contribution >= 0.6 is 0 Å². The van der Waals surface area contributed by atoms with Crippen molar-refractivity contribution in [2.45, 2.75) is 72.3 Å². The zero-order chi connectivity index (χ0) is 39.3. The van der Waals surface area contributed by atoms with Crippen molar-refractivity contribution in [3.05, 3.63) is 88.6 Å². The summed E-state index contributed by atoms with van der Waals surface area (Å²) in [4.78, 5) is 63.1. The van der Waals surface area contributed by atoms with Crippen LogP contribution in [0.25, 0.3) is 5.57 Å². The molecule has 3 heterocycles. The van der Waals surface area contributed by atoms with Gasteiger partial charge in [-0.15, -0.1) is 0 Å². The zero-order valence-corrected chi connectivity index (χ0v) is 33.0. The third-order valence-electron chi connectivity index (χ3n) is 10.4. The van der Waals surface area contributed by atoms with E-state index >= 15 is 0 Å². The number of carbonyl (C=O) groups excluding carboxylic acids is 4. The van der Waals surface area contributed by atoms with Crippen LogP contribution in [-0.4, -0.2) is 103 Å². The maximum atomic E-state index is 13.2. The lowest BCUT2D eigenvalue weighted by atomic mass is 9.95. The molecule has 4 amide bonds. The number of rotatable bonds is 17. The summed E-state index contributed by atoms with van der Waals surface area (Å²) in [6.45, 7) is 13.5. The van der Waals surface area contributed by atoms with E-state index in [9.17, 15) is 19.2 Å². The molecule has 2 fully saturated rings.